The zero-order valence-corrected chi connectivity index (χ0v) is 10.3. The molecule has 0 saturated carbocycles. The molecule has 2 rings (SSSR count). The minimum Gasteiger partial charge on any atom is -0.324 e. The molecule has 2 aromatic rings. The lowest BCUT2D eigenvalue weighted by atomic mass is 10.1. The van der Waals surface area contributed by atoms with E-state index in [-0.39, 0.29) is 11.9 Å². The van der Waals surface area contributed by atoms with E-state index in [0.29, 0.717) is 10.1 Å². The first-order chi connectivity index (χ1) is 8.09. The van der Waals surface area contributed by atoms with Crippen LogP contribution in [0.2, 0.25) is 0 Å². The van der Waals surface area contributed by atoms with Crippen LogP contribution in [0.5, 0.6) is 0 Å². The maximum absolute atomic E-state index is 13.8. The number of aryl methyl sites for hydroxylation is 1. The van der Waals surface area contributed by atoms with Crippen LogP contribution in [0.1, 0.15) is 18.5 Å². The number of aromatic nitrogens is 4. The van der Waals surface area contributed by atoms with Gasteiger partial charge in [0.05, 0.1) is 4.90 Å². The summed E-state index contributed by atoms with van der Waals surface area (Å²) in [6.45, 7) is 1.81. The van der Waals surface area contributed by atoms with Crippen LogP contribution in [-0.4, -0.2) is 20.2 Å². The Morgan fingerprint density at radius 3 is 2.82 bits per heavy atom. The number of tetrazole rings is 1. The summed E-state index contributed by atoms with van der Waals surface area (Å²) in [5.74, 6) is -0.312. The molecule has 17 heavy (non-hydrogen) atoms. The summed E-state index contributed by atoms with van der Waals surface area (Å²) in [5.41, 5.74) is 6.56. The molecule has 0 aliphatic heterocycles. The van der Waals surface area contributed by atoms with Crippen molar-refractivity contribution in [2.75, 3.05) is 0 Å². The summed E-state index contributed by atoms with van der Waals surface area (Å²) in [4.78, 5) is 0.473. The predicted octanol–water partition coefficient (Wildman–Crippen LogP) is 1.52. The number of halogens is 1. The minimum atomic E-state index is -0.312. The first-order valence-electron chi connectivity index (χ1n) is 5.04. The molecule has 0 spiro atoms. The average Bonchev–Trinajstić information content (AvgIpc) is 2.67. The fourth-order valence-electron chi connectivity index (χ4n) is 1.39. The van der Waals surface area contributed by atoms with Gasteiger partial charge < -0.3 is 5.73 Å². The quantitative estimate of drug-likeness (QED) is 0.898. The van der Waals surface area contributed by atoms with E-state index in [1.165, 1.54) is 22.5 Å². The Balaban J connectivity index is 2.41. The standard InChI is InChI=1S/C10H12FN5S/c1-6(12)7-4-3-5-8(11)9(7)17-10-13-14-15-16(10)2/h3-6H,12H2,1-2H3/t6-/m0/s1. The van der Waals surface area contributed by atoms with Gasteiger partial charge in [-0.25, -0.2) is 9.07 Å². The van der Waals surface area contributed by atoms with Crippen molar-refractivity contribution in [2.24, 2.45) is 12.8 Å². The molecule has 0 amide bonds. The lowest BCUT2D eigenvalue weighted by molar-refractivity contribution is 0.590. The number of benzene rings is 1. The van der Waals surface area contributed by atoms with Crippen molar-refractivity contribution in [1.82, 2.24) is 20.2 Å². The largest absolute Gasteiger partial charge is 0.324 e. The average molecular weight is 253 g/mol. The molecular formula is C10H12FN5S. The number of hydrogen-bond donors (Lipinski definition) is 1. The summed E-state index contributed by atoms with van der Waals surface area (Å²) in [7, 11) is 1.70. The van der Waals surface area contributed by atoms with Crippen LogP contribution in [0.4, 0.5) is 4.39 Å². The third kappa shape index (κ3) is 2.45. The van der Waals surface area contributed by atoms with Gasteiger partial charge in [0.1, 0.15) is 5.82 Å². The molecular weight excluding hydrogens is 241 g/mol. The highest BCUT2D eigenvalue weighted by atomic mass is 32.2. The smallest absolute Gasteiger partial charge is 0.213 e. The summed E-state index contributed by atoms with van der Waals surface area (Å²) in [5, 5.41) is 11.5. The third-order valence-corrected chi connectivity index (χ3v) is 3.43. The predicted molar refractivity (Wildman–Crippen MR) is 61.9 cm³/mol. The van der Waals surface area contributed by atoms with Crippen molar-refractivity contribution < 1.29 is 4.39 Å². The van der Waals surface area contributed by atoms with E-state index in [1.54, 1.807) is 19.2 Å². The monoisotopic (exact) mass is 253 g/mol. The van der Waals surface area contributed by atoms with Gasteiger partial charge in [0.25, 0.3) is 0 Å². The highest BCUT2D eigenvalue weighted by molar-refractivity contribution is 7.99. The van der Waals surface area contributed by atoms with E-state index < -0.39 is 0 Å². The van der Waals surface area contributed by atoms with Crippen LogP contribution >= 0.6 is 11.8 Å². The molecule has 0 bridgehead atoms. The van der Waals surface area contributed by atoms with Gasteiger partial charge in [-0.05, 0) is 40.7 Å². The van der Waals surface area contributed by atoms with E-state index in [9.17, 15) is 4.39 Å². The number of nitrogens with zero attached hydrogens (tertiary/aromatic N) is 4. The summed E-state index contributed by atoms with van der Waals surface area (Å²) in [6.07, 6.45) is 0. The number of hydrogen-bond acceptors (Lipinski definition) is 5. The van der Waals surface area contributed by atoms with Gasteiger partial charge in [-0.15, -0.1) is 5.10 Å². The summed E-state index contributed by atoms with van der Waals surface area (Å²) >= 11 is 1.17. The molecule has 90 valence electrons. The van der Waals surface area contributed by atoms with Crippen molar-refractivity contribution >= 4 is 11.8 Å². The van der Waals surface area contributed by atoms with E-state index in [2.05, 4.69) is 15.5 Å². The van der Waals surface area contributed by atoms with Crippen molar-refractivity contribution in [2.45, 2.75) is 23.0 Å². The maximum atomic E-state index is 13.8. The van der Waals surface area contributed by atoms with E-state index in [4.69, 9.17) is 5.73 Å². The molecule has 1 aromatic carbocycles. The second-order valence-corrected chi connectivity index (χ2v) is 4.61. The molecule has 1 atom stereocenters. The number of nitrogens with two attached hydrogens (primary N) is 1. The van der Waals surface area contributed by atoms with Crippen molar-refractivity contribution in [3.63, 3.8) is 0 Å². The van der Waals surface area contributed by atoms with Crippen LogP contribution in [-0.2, 0) is 7.05 Å². The molecule has 0 radical (unpaired) electrons. The molecule has 1 heterocycles. The Labute approximate surface area is 102 Å². The second kappa shape index (κ2) is 4.80. The highest BCUT2D eigenvalue weighted by Gasteiger charge is 2.15. The van der Waals surface area contributed by atoms with Crippen molar-refractivity contribution in [3.05, 3.63) is 29.6 Å². The first-order valence-corrected chi connectivity index (χ1v) is 5.85. The Hall–Kier alpha value is -1.47. The van der Waals surface area contributed by atoms with E-state index in [1.807, 2.05) is 6.92 Å². The topological polar surface area (TPSA) is 69.6 Å². The Morgan fingerprint density at radius 1 is 1.47 bits per heavy atom. The summed E-state index contributed by atoms with van der Waals surface area (Å²) in [6, 6.07) is 4.61. The lowest BCUT2D eigenvalue weighted by Crippen LogP contribution is -2.07. The number of rotatable bonds is 3. The highest BCUT2D eigenvalue weighted by Crippen LogP contribution is 2.33. The fraction of sp³-hybridized carbons (Fsp3) is 0.300. The molecule has 0 aliphatic rings. The molecule has 0 aliphatic carbocycles. The van der Waals surface area contributed by atoms with Gasteiger partial charge in [0.2, 0.25) is 5.16 Å². The molecule has 0 fully saturated rings. The SMILES string of the molecule is C[C@H](N)c1cccc(F)c1Sc1nnnn1C. The molecule has 0 unspecified atom stereocenters. The molecule has 5 nitrogen and oxygen atoms in total. The van der Waals surface area contributed by atoms with Crippen LogP contribution in [0.15, 0.2) is 28.3 Å². The van der Waals surface area contributed by atoms with Crippen LogP contribution < -0.4 is 5.73 Å². The van der Waals surface area contributed by atoms with Crippen LogP contribution in [0.25, 0.3) is 0 Å². The van der Waals surface area contributed by atoms with Crippen molar-refractivity contribution in [1.29, 1.82) is 0 Å². The fourth-order valence-corrected chi connectivity index (χ4v) is 2.36. The van der Waals surface area contributed by atoms with Crippen molar-refractivity contribution in [3.8, 4) is 0 Å². The Morgan fingerprint density at radius 2 is 2.24 bits per heavy atom. The third-order valence-electron chi connectivity index (χ3n) is 2.26. The summed E-state index contributed by atoms with van der Waals surface area (Å²) < 4.78 is 15.3. The first kappa shape index (κ1) is 12.0. The molecule has 1 aromatic heterocycles. The molecule has 2 N–H and O–H groups in total. The molecule has 0 saturated heterocycles. The Kier molecular flexibility index (Phi) is 3.39. The zero-order chi connectivity index (χ0) is 12.4. The van der Waals surface area contributed by atoms with Gasteiger partial charge in [-0.1, -0.05) is 12.1 Å². The van der Waals surface area contributed by atoms with Gasteiger partial charge in [-0.3, -0.25) is 0 Å². The second-order valence-electron chi connectivity index (χ2n) is 3.63. The normalized spacial score (nSPS) is 12.7. The minimum absolute atomic E-state index is 0.241. The van der Waals surface area contributed by atoms with Crippen LogP contribution in [0, 0.1) is 5.82 Å². The lowest BCUT2D eigenvalue weighted by Gasteiger charge is -2.11. The Bertz CT molecular complexity index is 525. The van der Waals surface area contributed by atoms with E-state index >= 15 is 0 Å². The van der Waals surface area contributed by atoms with Crippen LogP contribution in [0.3, 0.4) is 0 Å². The molecule has 7 heteroatoms. The zero-order valence-electron chi connectivity index (χ0n) is 9.46. The maximum Gasteiger partial charge on any atom is 0.213 e. The van der Waals surface area contributed by atoms with E-state index in [0.717, 1.165) is 5.56 Å². The van der Waals surface area contributed by atoms with Gasteiger partial charge in [0.15, 0.2) is 0 Å². The van der Waals surface area contributed by atoms with Gasteiger partial charge in [-0.2, -0.15) is 0 Å². The van der Waals surface area contributed by atoms with Gasteiger partial charge in [0, 0.05) is 13.1 Å². The van der Waals surface area contributed by atoms with Gasteiger partial charge >= 0.3 is 0 Å².